The molecule has 2 aromatic heterocycles. The minimum absolute atomic E-state index is 0.913. The fourth-order valence-corrected chi connectivity index (χ4v) is 2.93. The van der Waals surface area contributed by atoms with Gasteiger partial charge in [-0.25, -0.2) is 0 Å². The highest BCUT2D eigenvalue weighted by atomic mass is 16.3. The van der Waals surface area contributed by atoms with E-state index in [2.05, 4.69) is 48.3 Å². The Morgan fingerprint density at radius 2 is 1.67 bits per heavy atom. The zero-order valence-electron chi connectivity index (χ0n) is 12.1. The van der Waals surface area contributed by atoms with Gasteiger partial charge in [-0.3, -0.25) is 4.98 Å². The summed E-state index contributed by atoms with van der Waals surface area (Å²) >= 11 is 0. The number of hydrogen-bond donors (Lipinski definition) is 0. The van der Waals surface area contributed by atoms with Gasteiger partial charge in [0.25, 0.3) is 0 Å². The van der Waals surface area contributed by atoms with Gasteiger partial charge in [0.2, 0.25) is 0 Å². The van der Waals surface area contributed by atoms with Crippen molar-refractivity contribution in [3.63, 3.8) is 0 Å². The Hall–Kier alpha value is -2.61. The first kappa shape index (κ1) is 12.2. The summed E-state index contributed by atoms with van der Waals surface area (Å²) in [5.74, 6) is 0. The Morgan fingerprint density at radius 3 is 2.52 bits per heavy atom. The van der Waals surface area contributed by atoms with E-state index in [9.17, 15) is 0 Å². The molecule has 0 aliphatic heterocycles. The van der Waals surface area contributed by atoms with Crippen molar-refractivity contribution in [2.45, 2.75) is 13.8 Å². The number of rotatable bonds is 1. The van der Waals surface area contributed by atoms with E-state index >= 15 is 0 Å². The van der Waals surface area contributed by atoms with Crippen LogP contribution < -0.4 is 0 Å². The first-order valence-electron chi connectivity index (χ1n) is 7.08. The molecule has 0 fully saturated rings. The number of benzene rings is 2. The number of furan rings is 1. The molecule has 0 spiro atoms. The fraction of sp³-hybridized carbons (Fsp3) is 0.105. The Bertz CT molecular complexity index is 946. The molecule has 0 radical (unpaired) electrons. The molecule has 0 atom stereocenters. The molecular weight excluding hydrogens is 258 g/mol. The predicted octanol–water partition coefficient (Wildman–Crippen LogP) is 5.26. The van der Waals surface area contributed by atoms with E-state index in [0.717, 1.165) is 38.9 Å². The van der Waals surface area contributed by atoms with Crippen LogP contribution in [0.25, 0.3) is 33.2 Å². The van der Waals surface area contributed by atoms with Gasteiger partial charge >= 0.3 is 0 Å². The van der Waals surface area contributed by atoms with Crippen molar-refractivity contribution >= 4 is 21.9 Å². The maximum atomic E-state index is 6.08. The lowest BCUT2D eigenvalue weighted by Crippen LogP contribution is -1.89. The largest absolute Gasteiger partial charge is 0.455 e. The zero-order chi connectivity index (χ0) is 14.4. The first-order chi connectivity index (χ1) is 10.2. The van der Waals surface area contributed by atoms with E-state index in [4.69, 9.17) is 4.42 Å². The second kappa shape index (κ2) is 4.45. The Balaban J connectivity index is 2.09. The van der Waals surface area contributed by atoms with Gasteiger partial charge in [-0.15, -0.1) is 0 Å². The van der Waals surface area contributed by atoms with Gasteiger partial charge in [-0.05, 0) is 43.7 Å². The highest BCUT2D eigenvalue weighted by molar-refractivity contribution is 6.09. The van der Waals surface area contributed by atoms with Gasteiger partial charge < -0.3 is 4.42 Å². The van der Waals surface area contributed by atoms with Crippen LogP contribution in [0.1, 0.15) is 11.3 Å². The molecule has 2 nitrogen and oxygen atoms in total. The average Bonchev–Trinajstić information content (AvgIpc) is 2.84. The second-order valence-corrected chi connectivity index (χ2v) is 5.45. The molecule has 0 amide bonds. The summed E-state index contributed by atoms with van der Waals surface area (Å²) < 4.78 is 6.08. The maximum absolute atomic E-state index is 6.08. The lowest BCUT2D eigenvalue weighted by atomic mass is 10.0. The smallest absolute Gasteiger partial charge is 0.144 e. The summed E-state index contributed by atoms with van der Waals surface area (Å²) in [7, 11) is 0. The Kier molecular flexibility index (Phi) is 2.58. The van der Waals surface area contributed by atoms with Crippen LogP contribution in [-0.4, -0.2) is 4.98 Å². The standard InChI is InChI=1S/C19H15NO/c1-12-10-13(2)20-17(11-12)16-8-5-7-15-14-6-3-4-9-18(14)21-19(15)16/h3-11H,1-2H3. The molecule has 0 unspecified atom stereocenters. The van der Waals surface area contributed by atoms with Crippen molar-refractivity contribution in [2.24, 2.45) is 0 Å². The summed E-state index contributed by atoms with van der Waals surface area (Å²) in [6.07, 6.45) is 0. The van der Waals surface area contributed by atoms with E-state index in [0.29, 0.717) is 0 Å². The number of pyridine rings is 1. The third-order valence-electron chi connectivity index (χ3n) is 3.78. The van der Waals surface area contributed by atoms with Crippen LogP contribution >= 0.6 is 0 Å². The topological polar surface area (TPSA) is 26.0 Å². The van der Waals surface area contributed by atoms with Crippen LogP contribution in [0.2, 0.25) is 0 Å². The summed E-state index contributed by atoms with van der Waals surface area (Å²) in [5, 5.41) is 2.29. The Morgan fingerprint density at radius 1 is 0.857 bits per heavy atom. The SMILES string of the molecule is Cc1cc(C)nc(-c2cccc3c2oc2ccccc23)c1. The number of aryl methyl sites for hydroxylation is 2. The van der Waals surface area contributed by atoms with Crippen LogP contribution in [0.4, 0.5) is 0 Å². The van der Waals surface area contributed by atoms with Gasteiger partial charge in [0.05, 0.1) is 5.69 Å². The number of fused-ring (bicyclic) bond motifs is 3. The van der Waals surface area contributed by atoms with Gasteiger partial charge in [0, 0.05) is 22.0 Å². The van der Waals surface area contributed by atoms with Crippen molar-refractivity contribution in [1.82, 2.24) is 4.98 Å². The number of hydrogen-bond acceptors (Lipinski definition) is 2. The van der Waals surface area contributed by atoms with Crippen LogP contribution in [0.3, 0.4) is 0 Å². The van der Waals surface area contributed by atoms with Crippen LogP contribution in [0.5, 0.6) is 0 Å². The molecule has 2 heterocycles. The normalized spacial score (nSPS) is 11.3. The summed E-state index contributed by atoms with van der Waals surface area (Å²) in [4.78, 5) is 4.66. The van der Waals surface area contributed by atoms with E-state index in [1.165, 1.54) is 5.56 Å². The van der Waals surface area contributed by atoms with E-state index in [-0.39, 0.29) is 0 Å². The molecule has 0 saturated heterocycles. The number of nitrogens with zero attached hydrogens (tertiary/aromatic N) is 1. The monoisotopic (exact) mass is 273 g/mol. The molecule has 0 aliphatic carbocycles. The molecule has 2 aromatic carbocycles. The molecule has 0 bridgehead atoms. The summed E-state index contributed by atoms with van der Waals surface area (Å²) in [5.41, 5.74) is 6.09. The highest BCUT2D eigenvalue weighted by Gasteiger charge is 2.12. The quantitative estimate of drug-likeness (QED) is 0.472. The van der Waals surface area contributed by atoms with E-state index < -0.39 is 0 Å². The van der Waals surface area contributed by atoms with Crippen molar-refractivity contribution in [2.75, 3.05) is 0 Å². The fourth-order valence-electron chi connectivity index (χ4n) is 2.93. The molecule has 2 heteroatoms. The van der Waals surface area contributed by atoms with Crippen LogP contribution in [-0.2, 0) is 0 Å². The highest BCUT2D eigenvalue weighted by Crippen LogP contribution is 2.35. The van der Waals surface area contributed by atoms with E-state index in [1.54, 1.807) is 0 Å². The zero-order valence-corrected chi connectivity index (χ0v) is 12.1. The number of para-hydroxylation sites is 2. The third kappa shape index (κ3) is 1.91. The van der Waals surface area contributed by atoms with Crippen molar-refractivity contribution in [3.8, 4) is 11.3 Å². The average molecular weight is 273 g/mol. The minimum atomic E-state index is 0.913. The molecule has 4 aromatic rings. The second-order valence-electron chi connectivity index (χ2n) is 5.45. The molecule has 21 heavy (non-hydrogen) atoms. The summed E-state index contributed by atoms with van der Waals surface area (Å²) in [6.45, 7) is 4.12. The van der Waals surface area contributed by atoms with E-state index in [1.807, 2.05) is 25.1 Å². The molecule has 0 aliphatic rings. The van der Waals surface area contributed by atoms with Crippen molar-refractivity contribution in [1.29, 1.82) is 0 Å². The Labute approximate surface area is 123 Å². The lowest BCUT2D eigenvalue weighted by molar-refractivity contribution is 0.670. The first-order valence-corrected chi connectivity index (χ1v) is 7.08. The third-order valence-corrected chi connectivity index (χ3v) is 3.78. The van der Waals surface area contributed by atoms with Gasteiger partial charge in [0.1, 0.15) is 11.2 Å². The van der Waals surface area contributed by atoms with Crippen molar-refractivity contribution < 1.29 is 4.42 Å². The molecule has 4 rings (SSSR count). The minimum Gasteiger partial charge on any atom is -0.455 e. The van der Waals surface area contributed by atoms with Crippen LogP contribution in [0, 0.1) is 13.8 Å². The van der Waals surface area contributed by atoms with Crippen molar-refractivity contribution in [3.05, 3.63) is 65.9 Å². The molecular formula is C19H15NO. The van der Waals surface area contributed by atoms with Gasteiger partial charge in [-0.1, -0.05) is 30.3 Å². The molecule has 0 N–H and O–H groups in total. The molecule has 0 saturated carbocycles. The summed E-state index contributed by atoms with van der Waals surface area (Å²) in [6, 6.07) is 18.6. The number of aromatic nitrogens is 1. The van der Waals surface area contributed by atoms with Crippen LogP contribution in [0.15, 0.2) is 59.0 Å². The maximum Gasteiger partial charge on any atom is 0.144 e. The predicted molar refractivity (Wildman–Crippen MR) is 86.4 cm³/mol. The van der Waals surface area contributed by atoms with Gasteiger partial charge in [-0.2, -0.15) is 0 Å². The molecule has 102 valence electrons. The van der Waals surface area contributed by atoms with Gasteiger partial charge in [0.15, 0.2) is 0 Å². The lowest BCUT2D eigenvalue weighted by Gasteiger charge is -2.05.